The van der Waals surface area contributed by atoms with Crippen molar-refractivity contribution in [2.75, 3.05) is 0 Å². The van der Waals surface area contributed by atoms with Gasteiger partial charge >= 0.3 is 0 Å². The van der Waals surface area contributed by atoms with Crippen LogP contribution >= 0.6 is 15.9 Å². The highest BCUT2D eigenvalue weighted by molar-refractivity contribution is 9.10. The van der Waals surface area contributed by atoms with Gasteiger partial charge in [-0.3, -0.25) is 9.89 Å². The Morgan fingerprint density at radius 3 is 2.95 bits per heavy atom. The number of nitriles is 1. The van der Waals surface area contributed by atoms with Crippen LogP contribution in [0.3, 0.4) is 0 Å². The molecule has 2 heterocycles. The number of fused-ring (bicyclic) bond motifs is 1. The Hall–Kier alpha value is -2.39. The van der Waals surface area contributed by atoms with Gasteiger partial charge in [-0.15, -0.1) is 0 Å². The lowest BCUT2D eigenvalue weighted by atomic mass is 10.1. The van der Waals surface area contributed by atoms with Gasteiger partial charge in [0.25, 0.3) is 5.56 Å². The molecule has 0 saturated heterocycles. The van der Waals surface area contributed by atoms with Crippen LogP contribution in [0.4, 0.5) is 0 Å². The van der Waals surface area contributed by atoms with Crippen molar-refractivity contribution < 1.29 is 0 Å². The first kappa shape index (κ1) is 11.7. The molecule has 1 aromatic carbocycles. The van der Waals surface area contributed by atoms with Crippen molar-refractivity contribution in [1.82, 2.24) is 14.6 Å². The first-order valence-electron chi connectivity index (χ1n) is 5.46. The second-order valence-electron chi connectivity index (χ2n) is 3.95. The van der Waals surface area contributed by atoms with E-state index in [9.17, 15) is 4.79 Å². The molecular weight excluding hydrogens is 308 g/mol. The third-order valence-corrected chi connectivity index (χ3v) is 3.23. The summed E-state index contributed by atoms with van der Waals surface area (Å²) in [7, 11) is 0. The number of aromatic nitrogens is 3. The summed E-state index contributed by atoms with van der Waals surface area (Å²) in [4.78, 5) is 16.3. The molecule has 0 bridgehead atoms. The lowest BCUT2D eigenvalue weighted by Crippen LogP contribution is -2.14. The molecule has 3 rings (SSSR count). The van der Waals surface area contributed by atoms with Crippen molar-refractivity contribution in [3.05, 3.63) is 56.9 Å². The topological polar surface area (TPSA) is 73.9 Å². The minimum absolute atomic E-state index is 0.249. The van der Waals surface area contributed by atoms with Gasteiger partial charge in [-0.2, -0.15) is 5.26 Å². The molecule has 0 aliphatic heterocycles. The standard InChI is InChI=1S/C13H7BrN4O/c14-10-3-1-2-8(4-10)11-5-12(19)18-13(17-11)9(6-15)7-16-18/h1-5,7,16H. The van der Waals surface area contributed by atoms with Gasteiger partial charge in [-0.05, 0) is 12.1 Å². The number of aromatic amines is 1. The number of hydrogen-bond acceptors (Lipinski definition) is 3. The molecule has 0 aliphatic rings. The molecule has 0 saturated carbocycles. The highest BCUT2D eigenvalue weighted by Crippen LogP contribution is 2.21. The minimum Gasteiger partial charge on any atom is -0.295 e. The molecule has 0 unspecified atom stereocenters. The second kappa shape index (κ2) is 4.37. The van der Waals surface area contributed by atoms with Crippen LogP contribution in [0.2, 0.25) is 0 Å². The SMILES string of the molecule is N#Cc1c[nH]n2c(=O)cc(-c3cccc(Br)c3)nc12. The number of halogens is 1. The number of benzene rings is 1. The van der Waals surface area contributed by atoms with E-state index in [4.69, 9.17) is 5.26 Å². The summed E-state index contributed by atoms with van der Waals surface area (Å²) in [5, 5.41) is 11.7. The normalized spacial score (nSPS) is 10.5. The van der Waals surface area contributed by atoms with Gasteiger partial charge in [0.15, 0.2) is 5.65 Å². The predicted octanol–water partition coefficient (Wildman–Crippen LogP) is 2.32. The van der Waals surface area contributed by atoms with E-state index in [1.807, 2.05) is 30.3 Å². The summed E-state index contributed by atoms with van der Waals surface area (Å²) in [5.41, 5.74) is 1.79. The highest BCUT2D eigenvalue weighted by Gasteiger charge is 2.09. The molecule has 6 heteroatoms. The van der Waals surface area contributed by atoms with Gasteiger partial charge in [0.2, 0.25) is 0 Å². The molecule has 19 heavy (non-hydrogen) atoms. The van der Waals surface area contributed by atoms with Crippen LogP contribution in [0, 0.1) is 11.3 Å². The monoisotopic (exact) mass is 314 g/mol. The predicted molar refractivity (Wildman–Crippen MR) is 73.7 cm³/mol. The Labute approximate surface area is 116 Å². The Bertz CT molecular complexity index is 872. The lowest BCUT2D eigenvalue weighted by Gasteiger charge is -2.02. The maximum atomic E-state index is 12.0. The third-order valence-electron chi connectivity index (χ3n) is 2.74. The highest BCUT2D eigenvalue weighted by atomic mass is 79.9. The summed E-state index contributed by atoms with van der Waals surface area (Å²) >= 11 is 3.38. The summed E-state index contributed by atoms with van der Waals surface area (Å²) in [6.45, 7) is 0. The molecule has 92 valence electrons. The van der Waals surface area contributed by atoms with Crippen LogP contribution in [0.5, 0.6) is 0 Å². The molecule has 3 aromatic rings. The quantitative estimate of drug-likeness (QED) is 0.749. The molecule has 0 spiro atoms. The average Bonchev–Trinajstić information content (AvgIpc) is 2.82. The number of hydrogen-bond donors (Lipinski definition) is 1. The van der Waals surface area contributed by atoms with E-state index in [1.54, 1.807) is 0 Å². The molecule has 0 amide bonds. The van der Waals surface area contributed by atoms with Crippen LogP contribution in [0.1, 0.15) is 5.56 Å². The first-order valence-corrected chi connectivity index (χ1v) is 6.25. The van der Waals surface area contributed by atoms with Gasteiger partial charge in [0.1, 0.15) is 11.6 Å². The molecule has 0 radical (unpaired) electrons. The second-order valence-corrected chi connectivity index (χ2v) is 4.86. The Morgan fingerprint density at radius 2 is 2.21 bits per heavy atom. The maximum absolute atomic E-state index is 12.0. The largest absolute Gasteiger partial charge is 0.295 e. The van der Waals surface area contributed by atoms with Crippen LogP contribution in [-0.2, 0) is 0 Å². The van der Waals surface area contributed by atoms with Crippen LogP contribution in [0.15, 0.2) is 45.8 Å². The zero-order valence-corrected chi connectivity index (χ0v) is 11.2. The van der Waals surface area contributed by atoms with E-state index in [-0.39, 0.29) is 5.56 Å². The summed E-state index contributed by atoms with van der Waals surface area (Å²) < 4.78 is 2.15. The van der Waals surface area contributed by atoms with E-state index in [0.29, 0.717) is 16.9 Å². The van der Waals surface area contributed by atoms with Crippen LogP contribution in [0.25, 0.3) is 16.9 Å². The van der Waals surface area contributed by atoms with E-state index < -0.39 is 0 Å². The Kier molecular flexibility index (Phi) is 2.69. The molecule has 5 nitrogen and oxygen atoms in total. The van der Waals surface area contributed by atoms with Gasteiger partial charge in [0.05, 0.1) is 5.69 Å². The van der Waals surface area contributed by atoms with Crippen molar-refractivity contribution in [1.29, 1.82) is 5.26 Å². The smallest absolute Gasteiger partial charge is 0.273 e. The van der Waals surface area contributed by atoms with Crippen molar-refractivity contribution in [3.63, 3.8) is 0 Å². The fourth-order valence-electron chi connectivity index (χ4n) is 1.86. The van der Waals surface area contributed by atoms with Crippen molar-refractivity contribution in [2.24, 2.45) is 0 Å². The molecule has 2 aromatic heterocycles. The number of nitrogens with zero attached hydrogens (tertiary/aromatic N) is 3. The van der Waals surface area contributed by atoms with E-state index >= 15 is 0 Å². The number of H-pyrrole nitrogens is 1. The van der Waals surface area contributed by atoms with Crippen molar-refractivity contribution in [2.45, 2.75) is 0 Å². The molecule has 1 N–H and O–H groups in total. The van der Waals surface area contributed by atoms with Crippen molar-refractivity contribution >= 4 is 21.6 Å². The Balaban J connectivity index is 2.32. The van der Waals surface area contributed by atoms with Gasteiger partial charge in [-0.1, -0.05) is 28.1 Å². The van der Waals surface area contributed by atoms with E-state index in [2.05, 4.69) is 26.0 Å². The fraction of sp³-hybridized carbons (Fsp3) is 0. The Morgan fingerprint density at radius 1 is 1.37 bits per heavy atom. The van der Waals surface area contributed by atoms with Gasteiger partial charge < -0.3 is 0 Å². The molecule has 0 fully saturated rings. The molecular formula is C13H7BrN4O. The zero-order valence-electron chi connectivity index (χ0n) is 9.59. The van der Waals surface area contributed by atoms with Crippen molar-refractivity contribution in [3.8, 4) is 17.3 Å². The van der Waals surface area contributed by atoms with Gasteiger partial charge in [0, 0.05) is 22.3 Å². The average molecular weight is 315 g/mol. The summed E-state index contributed by atoms with van der Waals surface area (Å²) in [6, 6.07) is 10.9. The maximum Gasteiger partial charge on any atom is 0.273 e. The third kappa shape index (κ3) is 1.94. The lowest BCUT2D eigenvalue weighted by molar-refractivity contribution is 0.901. The minimum atomic E-state index is -0.249. The van der Waals surface area contributed by atoms with E-state index in [0.717, 1.165) is 10.0 Å². The first-order chi connectivity index (χ1) is 9.19. The summed E-state index contributed by atoms with van der Waals surface area (Å²) in [5.74, 6) is 0. The zero-order chi connectivity index (χ0) is 13.4. The fourth-order valence-corrected chi connectivity index (χ4v) is 2.26. The van der Waals surface area contributed by atoms with Crippen LogP contribution in [-0.4, -0.2) is 14.6 Å². The van der Waals surface area contributed by atoms with Crippen LogP contribution < -0.4 is 5.56 Å². The van der Waals surface area contributed by atoms with E-state index in [1.165, 1.54) is 16.8 Å². The molecule has 0 aliphatic carbocycles. The number of nitrogens with one attached hydrogen (secondary N) is 1. The summed E-state index contributed by atoms with van der Waals surface area (Å²) in [6.07, 6.45) is 1.47. The number of rotatable bonds is 1. The van der Waals surface area contributed by atoms with Gasteiger partial charge in [-0.25, -0.2) is 9.50 Å². The molecule has 0 atom stereocenters.